The average molecular weight is 556 g/mol. The van der Waals surface area contributed by atoms with E-state index < -0.39 is 28.5 Å². The Kier molecular flexibility index (Phi) is 10.3. The Morgan fingerprint density at radius 3 is 2.18 bits per heavy atom. The molecule has 0 aliphatic heterocycles. The molecular weight excluding hydrogens is 522 g/mol. The first kappa shape index (κ1) is 29.2. The number of rotatable bonds is 12. The molecule has 0 spiro atoms. The Hall–Kier alpha value is -3.36. The topological polar surface area (TPSA) is 86.8 Å². The fourth-order valence-electron chi connectivity index (χ4n) is 3.87. The van der Waals surface area contributed by atoms with Gasteiger partial charge in [0.05, 0.1) is 10.6 Å². The van der Waals surface area contributed by atoms with Gasteiger partial charge in [-0.25, -0.2) is 8.42 Å². The number of amides is 2. The van der Waals surface area contributed by atoms with E-state index in [0.717, 1.165) is 28.3 Å². The van der Waals surface area contributed by atoms with Crippen LogP contribution in [0, 0.1) is 6.92 Å². The molecule has 3 aromatic rings. The summed E-state index contributed by atoms with van der Waals surface area (Å²) in [5.41, 5.74) is 2.03. The minimum Gasteiger partial charge on any atom is -0.354 e. The van der Waals surface area contributed by atoms with E-state index in [-0.39, 0.29) is 17.3 Å². The van der Waals surface area contributed by atoms with Crippen LogP contribution in [-0.4, -0.2) is 44.3 Å². The summed E-state index contributed by atoms with van der Waals surface area (Å²) >= 11 is 6.05. The van der Waals surface area contributed by atoms with E-state index in [9.17, 15) is 18.0 Å². The van der Waals surface area contributed by atoms with Crippen LogP contribution >= 0.6 is 11.6 Å². The van der Waals surface area contributed by atoms with Crippen LogP contribution in [0.5, 0.6) is 0 Å². The third kappa shape index (κ3) is 7.58. The molecule has 0 aliphatic rings. The van der Waals surface area contributed by atoms with Crippen LogP contribution < -0.4 is 9.62 Å². The van der Waals surface area contributed by atoms with Gasteiger partial charge in [-0.3, -0.25) is 13.9 Å². The zero-order valence-corrected chi connectivity index (χ0v) is 23.5. The van der Waals surface area contributed by atoms with Crippen molar-refractivity contribution in [3.63, 3.8) is 0 Å². The molecule has 0 saturated heterocycles. The van der Waals surface area contributed by atoms with E-state index in [0.29, 0.717) is 17.3 Å². The van der Waals surface area contributed by atoms with Gasteiger partial charge >= 0.3 is 0 Å². The van der Waals surface area contributed by atoms with E-state index in [2.05, 4.69) is 5.32 Å². The number of aryl methyl sites for hydroxylation is 1. The van der Waals surface area contributed by atoms with Gasteiger partial charge in [0, 0.05) is 18.1 Å². The first-order chi connectivity index (χ1) is 18.1. The van der Waals surface area contributed by atoms with Gasteiger partial charge in [0.2, 0.25) is 11.8 Å². The van der Waals surface area contributed by atoms with E-state index in [1.807, 2.05) is 44.2 Å². The lowest BCUT2D eigenvalue weighted by Crippen LogP contribution is -2.51. The van der Waals surface area contributed by atoms with Gasteiger partial charge in [0.25, 0.3) is 10.0 Å². The number of unbranched alkanes of at least 4 members (excludes halogenated alkanes) is 1. The van der Waals surface area contributed by atoms with Gasteiger partial charge in [-0.2, -0.15) is 0 Å². The van der Waals surface area contributed by atoms with Gasteiger partial charge in [-0.1, -0.05) is 73.0 Å². The van der Waals surface area contributed by atoms with Crippen LogP contribution in [0.4, 0.5) is 5.69 Å². The van der Waals surface area contributed by atoms with Crippen LogP contribution in [0.25, 0.3) is 0 Å². The van der Waals surface area contributed by atoms with Crippen LogP contribution in [0.2, 0.25) is 5.02 Å². The standard InChI is InChI=1S/C29H34ClN3O4S/c1-4-5-19-31-29(35)23(3)32(20-24-9-7-6-8-10-24)28(34)21-33(26-15-13-25(30)14-16-26)38(36,37)27-17-11-22(2)12-18-27/h6-18,23H,4-5,19-21H2,1-3H3,(H,31,35)/t23-/m0/s1. The Morgan fingerprint density at radius 1 is 0.947 bits per heavy atom. The normalized spacial score (nSPS) is 12.0. The summed E-state index contributed by atoms with van der Waals surface area (Å²) in [5.74, 6) is -0.792. The average Bonchev–Trinajstić information content (AvgIpc) is 2.91. The van der Waals surface area contributed by atoms with Crippen molar-refractivity contribution < 1.29 is 18.0 Å². The smallest absolute Gasteiger partial charge is 0.264 e. The van der Waals surface area contributed by atoms with Crippen molar-refractivity contribution in [2.75, 3.05) is 17.4 Å². The molecule has 9 heteroatoms. The van der Waals surface area contributed by atoms with Gasteiger partial charge in [0.1, 0.15) is 12.6 Å². The second-order valence-corrected chi connectivity index (χ2v) is 11.4. The monoisotopic (exact) mass is 555 g/mol. The zero-order valence-electron chi connectivity index (χ0n) is 21.9. The number of hydrogen-bond acceptors (Lipinski definition) is 4. The zero-order chi connectivity index (χ0) is 27.7. The lowest BCUT2D eigenvalue weighted by molar-refractivity contribution is -0.139. The van der Waals surface area contributed by atoms with Gasteiger partial charge in [-0.15, -0.1) is 0 Å². The maximum absolute atomic E-state index is 13.8. The first-order valence-electron chi connectivity index (χ1n) is 12.6. The summed E-state index contributed by atoms with van der Waals surface area (Å²) in [7, 11) is -4.11. The minimum atomic E-state index is -4.11. The molecule has 202 valence electrons. The highest BCUT2D eigenvalue weighted by Crippen LogP contribution is 2.26. The molecule has 0 aliphatic carbocycles. The molecule has 0 saturated carbocycles. The summed E-state index contributed by atoms with van der Waals surface area (Å²) in [5, 5.41) is 3.32. The van der Waals surface area contributed by atoms with Crippen molar-refractivity contribution in [1.82, 2.24) is 10.2 Å². The molecule has 2 amide bonds. The van der Waals surface area contributed by atoms with Crippen molar-refractivity contribution >= 4 is 39.1 Å². The number of anilines is 1. The summed E-state index contributed by atoms with van der Waals surface area (Å²) < 4.78 is 28.6. The van der Waals surface area contributed by atoms with Crippen LogP contribution in [-0.2, 0) is 26.2 Å². The van der Waals surface area contributed by atoms with Crippen molar-refractivity contribution in [3.05, 3.63) is 95.0 Å². The Bertz CT molecular complexity index is 1310. The number of nitrogens with one attached hydrogen (secondary N) is 1. The molecule has 0 aromatic heterocycles. The van der Waals surface area contributed by atoms with E-state index in [4.69, 9.17) is 11.6 Å². The van der Waals surface area contributed by atoms with Crippen LogP contribution in [0.1, 0.15) is 37.8 Å². The molecule has 0 unspecified atom stereocenters. The fraction of sp³-hybridized carbons (Fsp3) is 0.310. The Labute approximate surface area is 230 Å². The van der Waals surface area contributed by atoms with E-state index >= 15 is 0 Å². The number of benzene rings is 3. The molecule has 0 heterocycles. The molecule has 0 radical (unpaired) electrons. The predicted molar refractivity (Wildman–Crippen MR) is 152 cm³/mol. The van der Waals surface area contributed by atoms with Crippen molar-refractivity contribution in [2.24, 2.45) is 0 Å². The molecule has 1 N–H and O–H groups in total. The second-order valence-electron chi connectivity index (χ2n) is 9.13. The van der Waals surface area contributed by atoms with E-state index in [1.54, 1.807) is 43.3 Å². The highest BCUT2D eigenvalue weighted by molar-refractivity contribution is 7.92. The molecule has 38 heavy (non-hydrogen) atoms. The summed E-state index contributed by atoms with van der Waals surface area (Å²) in [4.78, 5) is 28.2. The quantitative estimate of drug-likeness (QED) is 0.312. The lowest BCUT2D eigenvalue weighted by Gasteiger charge is -2.32. The Morgan fingerprint density at radius 2 is 1.58 bits per heavy atom. The molecule has 0 bridgehead atoms. The third-order valence-electron chi connectivity index (χ3n) is 6.20. The summed E-state index contributed by atoms with van der Waals surface area (Å²) in [6, 6.07) is 21.2. The Balaban J connectivity index is 1.97. The number of carbonyl (C=O) groups is 2. The molecule has 7 nitrogen and oxygen atoms in total. The summed E-state index contributed by atoms with van der Waals surface area (Å²) in [6.45, 7) is 5.72. The summed E-state index contributed by atoms with van der Waals surface area (Å²) in [6.07, 6.45) is 1.75. The SMILES string of the molecule is CCCCNC(=O)[C@H](C)N(Cc1ccccc1)C(=O)CN(c1ccc(Cl)cc1)S(=O)(=O)c1ccc(C)cc1. The number of halogens is 1. The molecule has 3 rings (SSSR count). The number of nitrogens with zero attached hydrogens (tertiary/aromatic N) is 2. The van der Waals surface area contributed by atoms with Gasteiger partial charge < -0.3 is 10.2 Å². The fourth-order valence-corrected chi connectivity index (χ4v) is 5.41. The maximum atomic E-state index is 13.8. The van der Waals surface area contributed by atoms with Gasteiger partial charge in [0.15, 0.2) is 0 Å². The third-order valence-corrected chi connectivity index (χ3v) is 8.24. The number of sulfonamides is 1. The van der Waals surface area contributed by atoms with E-state index in [1.165, 1.54) is 17.0 Å². The van der Waals surface area contributed by atoms with Crippen molar-refractivity contribution in [1.29, 1.82) is 0 Å². The molecule has 3 aromatic carbocycles. The largest absolute Gasteiger partial charge is 0.354 e. The maximum Gasteiger partial charge on any atom is 0.264 e. The van der Waals surface area contributed by atoms with Crippen LogP contribution in [0.3, 0.4) is 0 Å². The van der Waals surface area contributed by atoms with Gasteiger partial charge in [-0.05, 0) is 62.2 Å². The first-order valence-corrected chi connectivity index (χ1v) is 14.4. The minimum absolute atomic E-state index is 0.0609. The molecule has 1 atom stereocenters. The number of carbonyl (C=O) groups excluding carboxylic acids is 2. The van der Waals surface area contributed by atoms with Crippen molar-refractivity contribution in [2.45, 2.75) is 51.1 Å². The second kappa shape index (κ2) is 13.4. The lowest BCUT2D eigenvalue weighted by atomic mass is 10.1. The molecule has 0 fully saturated rings. The van der Waals surface area contributed by atoms with Crippen molar-refractivity contribution in [3.8, 4) is 0 Å². The van der Waals surface area contributed by atoms with Crippen LogP contribution in [0.15, 0.2) is 83.8 Å². The highest BCUT2D eigenvalue weighted by Gasteiger charge is 2.32. The predicted octanol–water partition coefficient (Wildman–Crippen LogP) is 5.18. The number of hydrogen-bond donors (Lipinski definition) is 1. The highest BCUT2D eigenvalue weighted by atomic mass is 35.5. The molecular formula is C29H34ClN3O4S.